The Kier molecular flexibility index (Phi) is 4.28. The molecule has 3 heteroatoms. The molecule has 1 heterocycles. The van der Waals surface area contributed by atoms with Crippen molar-refractivity contribution in [1.29, 1.82) is 0 Å². The van der Waals surface area contributed by atoms with Crippen molar-refractivity contribution in [1.82, 2.24) is 4.90 Å². The van der Waals surface area contributed by atoms with Crippen molar-refractivity contribution >= 4 is 11.6 Å². The molecule has 0 aromatic heterocycles. The van der Waals surface area contributed by atoms with Crippen molar-refractivity contribution in [3.63, 3.8) is 0 Å². The second-order valence-corrected chi connectivity index (χ2v) is 8.23. The van der Waals surface area contributed by atoms with Gasteiger partial charge in [0.25, 0.3) is 0 Å². The van der Waals surface area contributed by atoms with Crippen molar-refractivity contribution in [2.75, 3.05) is 31.1 Å². The molecule has 1 aromatic rings. The number of anilines is 1. The predicted molar refractivity (Wildman–Crippen MR) is 98.3 cm³/mol. The van der Waals surface area contributed by atoms with E-state index >= 15 is 0 Å². The lowest BCUT2D eigenvalue weighted by Gasteiger charge is -2.37. The molecule has 3 nitrogen and oxygen atoms in total. The fraction of sp³-hybridized carbons (Fsp3) is 0.667. The van der Waals surface area contributed by atoms with Crippen LogP contribution in [0.3, 0.4) is 0 Å². The zero-order chi connectivity index (χ0) is 16.7. The molecule has 0 N–H and O–H groups in total. The number of carbonyl (C=O) groups is 1. The summed E-state index contributed by atoms with van der Waals surface area (Å²) in [6.45, 7) is 8.07. The Bertz CT molecular complexity index is 618. The lowest BCUT2D eigenvalue weighted by atomic mass is 9.86. The zero-order valence-corrected chi connectivity index (χ0v) is 15.1. The van der Waals surface area contributed by atoms with Gasteiger partial charge in [-0.05, 0) is 68.1 Å². The average molecular weight is 326 g/mol. The summed E-state index contributed by atoms with van der Waals surface area (Å²) in [7, 11) is 0. The molecule has 0 spiro atoms. The maximum Gasteiger partial charge on any atom is 0.222 e. The van der Waals surface area contributed by atoms with E-state index in [1.807, 2.05) is 0 Å². The monoisotopic (exact) mass is 326 g/mol. The second-order valence-electron chi connectivity index (χ2n) is 8.23. The molecule has 1 aliphatic heterocycles. The van der Waals surface area contributed by atoms with Crippen LogP contribution in [0.1, 0.15) is 43.2 Å². The van der Waals surface area contributed by atoms with E-state index in [0.29, 0.717) is 11.8 Å². The molecule has 24 heavy (non-hydrogen) atoms. The summed E-state index contributed by atoms with van der Waals surface area (Å²) in [4.78, 5) is 17.3. The van der Waals surface area contributed by atoms with E-state index in [1.165, 1.54) is 42.5 Å². The fourth-order valence-corrected chi connectivity index (χ4v) is 5.25. The zero-order valence-electron chi connectivity index (χ0n) is 15.1. The molecule has 3 fully saturated rings. The fourth-order valence-electron chi connectivity index (χ4n) is 5.25. The van der Waals surface area contributed by atoms with Crippen molar-refractivity contribution in [3.8, 4) is 0 Å². The highest BCUT2D eigenvalue weighted by molar-refractivity contribution is 5.77. The number of hydrogen-bond acceptors (Lipinski definition) is 2. The topological polar surface area (TPSA) is 23.6 Å². The molecule has 1 aromatic carbocycles. The maximum atomic E-state index is 12.7. The van der Waals surface area contributed by atoms with Crippen molar-refractivity contribution in [2.24, 2.45) is 17.8 Å². The molecule has 0 radical (unpaired) electrons. The van der Waals surface area contributed by atoms with E-state index in [0.717, 1.165) is 44.4 Å². The lowest BCUT2D eigenvalue weighted by molar-refractivity contribution is -0.132. The number of nitrogens with zero attached hydrogens (tertiary/aromatic N) is 2. The molecule has 4 rings (SSSR count). The first kappa shape index (κ1) is 16.0. The highest BCUT2D eigenvalue weighted by atomic mass is 16.2. The van der Waals surface area contributed by atoms with Gasteiger partial charge in [-0.15, -0.1) is 0 Å². The van der Waals surface area contributed by atoms with Gasteiger partial charge in [0.1, 0.15) is 0 Å². The van der Waals surface area contributed by atoms with Gasteiger partial charge in [0.05, 0.1) is 0 Å². The minimum absolute atomic E-state index is 0.410. The highest BCUT2D eigenvalue weighted by Gasteiger charge is 2.40. The van der Waals surface area contributed by atoms with Crippen LogP contribution in [0.4, 0.5) is 5.69 Å². The van der Waals surface area contributed by atoms with E-state index in [1.54, 1.807) is 0 Å². The largest absolute Gasteiger partial charge is 0.368 e. The van der Waals surface area contributed by atoms with Gasteiger partial charge in [-0.1, -0.05) is 18.6 Å². The summed E-state index contributed by atoms with van der Waals surface area (Å²) in [5, 5.41) is 0. The molecule has 3 atom stereocenters. The summed E-state index contributed by atoms with van der Waals surface area (Å²) in [5.74, 6) is 2.89. The Morgan fingerprint density at radius 2 is 1.88 bits per heavy atom. The van der Waals surface area contributed by atoms with Crippen LogP contribution < -0.4 is 4.90 Å². The van der Waals surface area contributed by atoms with E-state index in [4.69, 9.17) is 0 Å². The molecule has 0 unspecified atom stereocenters. The number of carbonyl (C=O) groups excluding carboxylic acids is 1. The van der Waals surface area contributed by atoms with Gasteiger partial charge in [-0.3, -0.25) is 4.79 Å². The summed E-state index contributed by atoms with van der Waals surface area (Å²) < 4.78 is 0. The maximum absolute atomic E-state index is 12.7. The van der Waals surface area contributed by atoms with Crippen LogP contribution >= 0.6 is 0 Å². The van der Waals surface area contributed by atoms with Gasteiger partial charge < -0.3 is 9.80 Å². The van der Waals surface area contributed by atoms with E-state index in [9.17, 15) is 4.79 Å². The standard InChI is InChI=1S/C21H30N2O/c1-15-4-3-5-20(16(15)2)22-8-10-23(11-9-22)21(24)14-19-13-17-6-7-18(19)12-17/h3-5,17-19H,6-14H2,1-2H3/t17-,18-,19-/m1/s1. The summed E-state index contributed by atoms with van der Waals surface area (Å²) >= 11 is 0. The normalized spacial score (nSPS) is 29.3. The van der Waals surface area contributed by atoms with Crippen molar-refractivity contribution in [3.05, 3.63) is 29.3 Å². The number of hydrogen-bond donors (Lipinski definition) is 0. The van der Waals surface area contributed by atoms with Gasteiger partial charge in [-0.2, -0.15) is 0 Å². The third kappa shape index (κ3) is 2.94. The second kappa shape index (κ2) is 6.42. The van der Waals surface area contributed by atoms with E-state index in [-0.39, 0.29) is 0 Å². The Labute approximate surface area is 146 Å². The lowest BCUT2D eigenvalue weighted by Crippen LogP contribution is -2.49. The van der Waals surface area contributed by atoms with Gasteiger partial charge in [0.15, 0.2) is 0 Å². The summed E-state index contributed by atoms with van der Waals surface area (Å²) in [6, 6.07) is 6.54. The molecule has 130 valence electrons. The number of benzene rings is 1. The first-order valence-electron chi connectivity index (χ1n) is 9.70. The number of aryl methyl sites for hydroxylation is 1. The Morgan fingerprint density at radius 1 is 1.08 bits per heavy atom. The first-order chi connectivity index (χ1) is 11.6. The van der Waals surface area contributed by atoms with Gasteiger partial charge in [-0.25, -0.2) is 0 Å². The Balaban J connectivity index is 1.32. The molecule has 2 aliphatic carbocycles. The number of amides is 1. The SMILES string of the molecule is Cc1cccc(N2CCN(C(=O)C[C@H]3C[C@@H]4CC[C@@H]3C4)CC2)c1C. The molecular formula is C21H30N2O. The van der Waals surface area contributed by atoms with Gasteiger partial charge in [0.2, 0.25) is 5.91 Å². The number of fused-ring (bicyclic) bond motifs is 2. The van der Waals surface area contributed by atoms with E-state index in [2.05, 4.69) is 41.8 Å². The molecule has 2 bridgehead atoms. The molecular weight excluding hydrogens is 296 g/mol. The quantitative estimate of drug-likeness (QED) is 0.844. The van der Waals surface area contributed by atoms with Gasteiger partial charge in [0, 0.05) is 38.3 Å². The minimum atomic E-state index is 0.410. The Hall–Kier alpha value is -1.51. The summed E-state index contributed by atoms with van der Waals surface area (Å²) in [5.41, 5.74) is 4.07. The van der Waals surface area contributed by atoms with Crippen LogP contribution in [0.2, 0.25) is 0 Å². The van der Waals surface area contributed by atoms with Gasteiger partial charge >= 0.3 is 0 Å². The molecule has 3 aliphatic rings. The third-order valence-electron chi connectivity index (χ3n) is 6.87. The molecule has 1 saturated heterocycles. The molecule has 1 amide bonds. The number of piperazine rings is 1. The van der Waals surface area contributed by atoms with Crippen LogP contribution in [0.25, 0.3) is 0 Å². The Morgan fingerprint density at radius 3 is 2.54 bits per heavy atom. The van der Waals surface area contributed by atoms with Crippen molar-refractivity contribution in [2.45, 2.75) is 46.0 Å². The van der Waals surface area contributed by atoms with Crippen LogP contribution in [-0.4, -0.2) is 37.0 Å². The highest BCUT2D eigenvalue weighted by Crippen LogP contribution is 2.49. The van der Waals surface area contributed by atoms with E-state index < -0.39 is 0 Å². The first-order valence-corrected chi connectivity index (χ1v) is 9.70. The predicted octanol–water partition coefficient (Wildman–Crippen LogP) is 3.78. The molecule has 2 saturated carbocycles. The summed E-state index contributed by atoms with van der Waals surface area (Å²) in [6.07, 6.45) is 6.33. The average Bonchev–Trinajstić information content (AvgIpc) is 3.20. The smallest absolute Gasteiger partial charge is 0.222 e. The van der Waals surface area contributed by atoms with Crippen LogP contribution in [-0.2, 0) is 4.79 Å². The number of rotatable bonds is 3. The van der Waals surface area contributed by atoms with Crippen LogP contribution in [0, 0.1) is 31.6 Å². The van der Waals surface area contributed by atoms with Crippen LogP contribution in [0.15, 0.2) is 18.2 Å². The minimum Gasteiger partial charge on any atom is -0.368 e. The third-order valence-corrected chi connectivity index (χ3v) is 6.87. The van der Waals surface area contributed by atoms with Crippen molar-refractivity contribution < 1.29 is 4.79 Å². The van der Waals surface area contributed by atoms with Crippen LogP contribution in [0.5, 0.6) is 0 Å².